The van der Waals surface area contributed by atoms with Gasteiger partial charge in [-0.25, -0.2) is 4.39 Å². The van der Waals surface area contributed by atoms with Crippen LogP contribution in [0, 0.1) is 29.4 Å². The third kappa shape index (κ3) is 6.54. The van der Waals surface area contributed by atoms with Crippen molar-refractivity contribution in [3.05, 3.63) is 65.9 Å². The summed E-state index contributed by atoms with van der Waals surface area (Å²) in [5.74, 6) is 1.52. The van der Waals surface area contributed by atoms with Gasteiger partial charge in [-0.3, -0.25) is 0 Å². The lowest BCUT2D eigenvalue weighted by molar-refractivity contribution is 0.155. The molecule has 0 unspecified atom stereocenters. The molecule has 3 heteroatoms. The zero-order chi connectivity index (χ0) is 24.6. The molecular weight excluding hydrogens is 438 g/mol. The van der Waals surface area contributed by atoms with Crippen molar-refractivity contribution in [2.45, 2.75) is 96.8 Å². The molecule has 0 bridgehead atoms. The Bertz CT molecular complexity index is 948. The van der Waals surface area contributed by atoms with E-state index < -0.39 is 11.6 Å². The van der Waals surface area contributed by atoms with Gasteiger partial charge in [0.2, 0.25) is 5.82 Å². The Morgan fingerprint density at radius 2 is 1.46 bits per heavy atom. The van der Waals surface area contributed by atoms with E-state index in [1.165, 1.54) is 94.9 Å². The van der Waals surface area contributed by atoms with Gasteiger partial charge in [-0.05, 0) is 92.4 Å². The normalized spacial score (nSPS) is 25.1. The van der Waals surface area contributed by atoms with Crippen LogP contribution in [-0.2, 0) is 0 Å². The second-order valence-electron chi connectivity index (χ2n) is 10.8. The van der Waals surface area contributed by atoms with Crippen molar-refractivity contribution in [3.8, 4) is 16.9 Å². The number of halogens is 2. The van der Waals surface area contributed by atoms with E-state index in [0.717, 1.165) is 17.8 Å². The SMILES string of the molecule is C/C=C/Oc1ccc(-c2ccc(C3CCC(C4CCC(CCCCC)CC4)CC3)cc2)c(F)c1F. The molecular formula is C32H42F2O. The average Bonchev–Trinajstić information content (AvgIpc) is 2.90. The maximum atomic E-state index is 14.7. The maximum absolute atomic E-state index is 14.7. The highest BCUT2D eigenvalue weighted by atomic mass is 19.2. The van der Waals surface area contributed by atoms with Gasteiger partial charge in [0.05, 0.1) is 6.26 Å². The van der Waals surface area contributed by atoms with Crippen LogP contribution in [0.1, 0.15) is 102 Å². The first-order chi connectivity index (χ1) is 17.1. The van der Waals surface area contributed by atoms with Gasteiger partial charge in [0.25, 0.3) is 0 Å². The summed E-state index contributed by atoms with van der Waals surface area (Å²) in [6.07, 6.45) is 19.6. The average molecular weight is 481 g/mol. The molecule has 2 fully saturated rings. The molecule has 190 valence electrons. The summed E-state index contributed by atoms with van der Waals surface area (Å²) >= 11 is 0. The highest BCUT2D eigenvalue weighted by Gasteiger charge is 2.31. The minimum absolute atomic E-state index is 0.0947. The van der Waals surface area contributed by atoms with Gasteiger partial charge in [-0.2, -0.15) is 4.39 Å². The molecule has 2 aromatic rings. The van der Waals surface area contributed by atoms with Gasteiger partial charge in [0.15, 0.2) is 11.6 Å². The van der Waals surface area contributed by atoms with Gasteiger partial charge in [0, 0.05) is 5.56 Å². The van der Waals surface area contributed by atoms with Gasteiger partial charge in [-0.15, -0.1) is 0 Å². The lowest BCUT2D eigenvalue weighted by Gasteiger charge is -2.38. The molecule has 2 aromatic carbocycles. The van der Waals surface area contributed by atoms with Crippen LogP contribution in [0.2, 0.25) is 0 Å². The molecule has 0 atom stereocenters. The van der Waals surface area contributed by atoms with Gasteiger partial charge in [0.1, 0.15) is 0 Å². The van der Waals surface area contributed by atoms with E-state index >= 15 is 0 Å². The Morgan fingerprint density at radius 1 is 0.800 bits per heavy atom. The van der Waals surface area contributed by atoms with Crippen LogP contribution >= 0.6 is 0 Å². The zero-order valence-electron chi connectivity index (χ0n) is 21.6. The van der Waals surface area contributed by atoms with E-state index in [2.05, 4.69) is 19.1 Å². The molecule has 0 amide bonds. The number of rotatable bonds is 9. The quantitative estimate of drug-likeness (QED) is 0.256. The molecule has 2 aliphatic rings. The highest BCUT2D eigenvalue weighted by Crippen LogP contribution is 2.44. The third-order valence-electron chi connectivity index (χ3n) is 8.62. The predicted molar refractivity (Wildman–Crippen MR) is 142 cm³/mol. The second kappa shape index (κ2) is 12.7. The maximum Gasteiger partial charge on any atom is 0.201 e. The van der Waals surface area contributed by atoms with Crippen LogP contribution in [0.25, 0.3) is 11.1 Å². The van der Waals surface area contributed by atoms with Gasteiger partial charge in [-0.1, -0.05) is 75.8 Å². The Morgan fingerprint density at radius 3 is 2.09 bits per heavy atom. The van der Waals surface area contributed by atoms with E-state index in [4.69, 9.17) is 4.74 Å². The number of benzene rings is 2. The number of hydrogen-bond acceptors (Lipinski definition) is 1. The van der Waals surface area contributed by atoms with Crippen molar-refractivity contribution in [1.82, 2.24) is 0 Å². The fourth-order valence-corrected chi connectivity index (χ4v) is 6.48. The third-order valence-corrected chi connectivity index (χ3v) is 8.62. The Hall–Kier alpha value is -2.16. The van der Waals surface area contributed by atoms with E-state index in [-0.39, 0.29) is 11.3 Å². The Kier molecular flexibility index (Phi) is 9.40. The van der Waals surface area contributed by atoms with Crippen LogP contribution in [0.5, 0.6) is 5.75 Å². The van der Waals surface area contributed by atoms with Crippen LogP contribution in [-0.4, -0.2) is 0 Å². The Labute approximate surface area is 211 Å². The minimum atomic E-state index is -0.946. The van der Waals surface area contributed by atoms with E-state index in [1.807, 2.05) is 12.1 Å². The fourth-order valence-electron chi connectivity index (χ4n) is 6.48. The molecule has 0 heterocycles. The number of hydrogen-bond donors (Lipinski definition) is 0. The first-order valence-corrected chi connectivity index (χ1v) is 14.0. The van der Waals surface area contributed by atoms with Crippen molar-refractivity contribution in [2.24, 2.45) is 17.8 Å². The van der Waals surface area contributed by atoms with Gasteiger partial charge < -0.3 is 4.74 Å². The monoisotopic (exact) mass is 480 g/mol. The van der Waals surface area contributed by atoms with Crippen LogP contribution in [0.15, 0.2) is 48.7 Å². The Balaban J connectivity index is 1.29. The largest absolute Gasteiger partial charge is 0.462 e. The van der Waals surface area contributed by atoms with E-state index in [1.54, 1.807) is 19.1 Å². The number of unbranched alkanes of at least 4 members (excludes halogenated alkanes) is 2. The lowest BCUT2D eigenvalue weighted by atomic mass is 9.68. The first-order valence-electron chi connectivity index (χ1n) is 14.0. The summed E-state index contributed by atoms with van der Waals surface area (Å²) in [6, 6.07) is 11.2. The summed E-state index contributed by atoms with van der Waals surface area (Å²) in [6.45, 7) is 4.06. The summed E-state index contributed by atoms with van der Waals surface area (Å²) in [5.41, 5.74) is 2.31. The predicted octanol–water partition coefficient (Wildman–Crippen LogP) is 10.2. The molecule has 35 heavy (non-hydrogen) atoms. The molecule has 2 aliphatic carbocycles. The first kappa shape index (κ1) is 25.9. The smallest absolute Gasteiger partial charge is 0.201 e. The minimum Gasteiger partial charge on any atom is -0.462 e. The van der Waals surface area contributed by atoms with Crippen molar-refractivity contribution < 1.29 is 13.5 Å². The molecule has 0 aliphatic heterocycles. The summed E-state index contributed by atoms with van der Waals surface area (Å²) in [7, 11) is 0. The second-order valence-corrected chi connectivity index (χ2v) is 10.8. The van der Waals surface area contributed by atoms with E-state index in [9.17, 15) is 8.78 Å². The molecule has 0 radical (unpaired) electrons. The molecule has 0 N–H and O–H groups in total. The molecule has 4 rings (SSSR count). The van der Waals surface area contributed by atoms with Gasteiger partial charge >= 0.3 is 0 Å². The summed E-state index contributed by atoms with van der Waals surface area (Å²) in [4.78, 5) is 0. The molecule has 0 aromatic heterocycles. The number of ether oxygens (including phenoxy) is 1. The van der Waals surface area contributed by atoms with Crippen molar-refractivity contribution in [3.63, 3.8) is 0 Å². The van der Waals surface area contributed by atoms with Crippen LogP contribution < -0.4 is 4.74 Å². The zero-order valence-corrected chi connectivity index (χ0v) is 21.6. The van der Waals surface area contributed by atoms with E-state index in [0.29, 0.717) is 11.5 Å². The lowest BCUT2D eigenvalue weighted by Crippen LogP contribution is -2.25. The van der Waals surface area contributed by atoms with Crippen molar-refractivity contribution in [2.75, 3.05) is 0 Å². The number of allylic oxidation sites excluding steroid dienone is 1. The summed E-state index contributed by atoms with van der Waals surface area (Å²) in [5, 5.41) is 0. The molecule has 0 spiro atoms. The van der Waals surface area contributed by atoms with Crippen molar-refractivity contribution >= 4 is 0 Å². The standard InChI is InChI=1S/C32H42F2O/c1-3-5-6-7-23-8-10-24(11-9-23)25-12-14-26(15-13-25)27-16-18-28(19-17-27)29-20-21-30(35-22-4-2)32(34)31(29)33/h4,16-26H,3,5-15H2,1-2H3/b22-4+. The highest BCUT2D eigenvalue weighted by molar-refractivity contribution is 5.65. The summed E-state index contributed by atoms with van der Waals surface area (Å²) < 4.78 is 34.2. The van der Waals surface area contributed by atoms with Crippen LogP contribution in [0.4, 0.5) is 8.78 Å². The fraction of sp³-hybridized carbons (Fsp3) is 0.562. The van der Waals surface area contributed by atoms with Crippen molar-refractivity contribution in [1.29, 1.82) is 0 Å². The topological polar surface area (TPSA) is 9.23 Å². The molecule has 1 nitrogen and oxygen atoms in total. The molecule has 2 saturated carbocycles. The van der Waals surface area contributed by atoms with Crippen LogP contribution in [0.3, 0.4) is 0 Å². The molecule has 0 saturated heterocycles.